The number of halogens is 1. The molecule has 1 N–H and O–H groups in total. The molecule has 1 fully saturated rings. The van der Waals surface area contributed by atoms with Crippen LogP contribution < -0.4 is 15.0 Å². The minimum Gasteiger partial charge on any atom is -0.476 e. The molecular formula is C30H41BrN2O4. The topological polar surface area (TPSA) is 67.9 Å². The number of nitrogens with one attached hydrogen (secondary N) is 1. The highest BCUT2D eigenvalue weighted by molar-refractivity contribution is 9.10. The van der Waals surface area contributed by atoms with Crippen molar-refractivity contribution in [3.8, 4) is 5.75 Å². The number of ether oxygens (including phenoxy) is 2. The Morgan fingerprint density at radius 2 is 1.73 bits per heavy atom. The first-order valence-electron chi connectivity index (χ1n) is 13.4. The second-order valence-electron chi connectivity index (χ2n) is 10.7. The molecule has 0 saturated carbocycles. The number of anilines is 1. The van der Waals surface area contributed by atoms with Crippen molar-refractivity contribution in [1.82, 2.24) is 5.32 Å². The Balaban J connectivity index is 1.71. The van der Waals surface area contributed by atoms with Gasteiger partial charge in [0, 0.05) is 23.2 Å². The van der Waals surface area contributed by atoms with Gasteiger partial charge in [-0.25, -0.2) is 4.79 Å². The Morgan fingerprint density at radius 1 is 1.05 bits per heavy atom. The van der Waals surface area contributed by atoms with Crippen molar-refractivity contribution in [3.05, 3.63) is 58.1 Å². The van der Waals surface area contributed by atoms with Crippen LogP contribution in [-0.4, -0.2) is 37.2 Å². The largest absolute Gasteiger partial charge is 0.476 e. The molecule has 0 aliphatic carbocycles. The summed E-state index contributed by atoms with van der Waals surface area (Å²) in [5, 5.41) is 3.32. The Hall–Kier alpha value is -2.54. The van der Waals surface area contributed by atoms with Crippen molar-refractivity contribution in [2.45, 2.75) is 78.4 Å². The summed E-state index contributed by atoms with van der Waals surface area (Å²) in [7, 11) is 0. The lowest BCUT2D eigenvalue weighted by molar-refractivity contribution is -0.158. The van der Waals surface area contributed by atoms with Gasteiger partial charge in [-0.15, -0.1) is 0 Å². The van der Waals surface area contributed by atoms with Gasteiger partial charge in [0.25, 0.3) is 0 Å². The summed E-state index contributed by atoms with van der Waals surface area (Å²) >= 11 is 3.65. The van der Waals surface area contributed by atoms with Crippen molar-refractivity contribution in [3.63, 3.8) is 0 Å². The molecular weight excluding hydrogens is 532 g/mol. The van der Waals surface area contributed by atoms with Crippen LogP contribution in [-0.2, 0) is 20.7 Å². The second kappa shape index (κ2) is 13.3. The third-order valence-electron chi connectivity index (χ3n) is 6.53. The quantitative estimate of drug-likeness (QED) is 0.307. The van der Waals surface area contributed by atoms with E-state index in [1.165, 1.54) is 30.5 Å². The van der Waals surface area contributed by atoms with E-state index >= 15 is 0 Å². The molecule has 2 aromatic rings. The molecule has 7 heteroatoms. The summed E-state index contributed by atoms with van der Waals surface area (Å²) in [5.41, 5.74) is 2.19. The SMILES string of the molecule is CCOC(=O)C(C)(C)Oc1ccc(CC(=O)NC(CC(C)C)c2cc(Br)ccc2N2CCCCC2)cc1. The molecule has 0 radical (unpaired) electrons. The molecule has 1 atom stereocenters. The summed E-state index contributed by atoms with van der Waals surface area (Å²) in [6.45, 7) is 11.9. The first kappa shape index (κ1) is 29.0. The molecule has 2 aromatic carbocycles. The predicted molar refractivity (Wildman–Crippen MR) is 152 cm³/mol. The van der Waals surface area contributed by atoms with Gasteiger partial charge in [-0.2, -0.15) is 0 Å². The van der Waals surface area contributed by atoms with Crippen molar-refractivity contribution in [2.24, 2.45) is 5.92 Å². The minimum atomic E-state index is -1.09. The van der Waals surface area contributed by atoms with E-state index in [4.69, 9.17) is 9.47 Å². The minimum absolute atomic E-state index is 0.0178. The van der Waals surface area contributed by atoms with Gasteiger partial charge in [0.2, 0.25) is 5.91 Å². The van der Waals surface area contributed by atoms with Gasteiger partial charge < -0.3 is 19.7 Å². The van der Waals surface area contributed by atoms with Crippen LogP contribution in [0.15, 0.2) is 46.9 Å². The molecule has 1 amide bonds. The van der Waals surface area contributed by atoms with Crippen LogP contribution in [0.5, 0.6) is 5.75 Å². The van der Waals surface area contributed by atoms with Crippen LogP contribution in [0, 0.1) is 5.92 Å². The van der Waals surface area contributed by atoms with E-state index in [1.54, 1.807) is 32.9 Å². The van der Waals surface area contributed by atoms with Crippen molar-refractivity contribution in [1.29, 1.82) is 0 Å². The highest BCUT2D eigenvalue weighted by Gasteiger charge is 2.31. The molecule has 1 aliphatic heterocycles. The zero-order valence-electron chi connectivity index (χ0n) is 22.8. The fourth-order valence-electron chi connectivity index (χ4n) is 4.71. The number of piperidine rings is 1. The molecule has 0 spiro atoms. The molecule has 37 heavy (non-hydrogen) atoms. The standard InChI is InChI=1S/C30H41BrN2O4/c1-6-36-29(35)30(4,5)37-24-13-10-22(11-14-24)19-28(34)32-26(18-21(2)3)25-20-23(31)12-15-27(25)33-16-8-7-9-17-33/h10-15,20-21,26H,6-9,16-19H2,1-5H3,(H,32,34). The van der Waals surface area contributed by atoms with Crippen LogP contribution in [0.3, 0.4) is 0 Å². The van der Waals surface area contributed by atoms with Crippen LogP contribution in [0.4, 0.5) is 5.69 Å². The van der Waals surface area contributed by atoms with Gasteiger partial charge in [-0.3, -0.25) is 4.79 Å². The lowest BCUT2D eigenvalue weighted by atomic mass is 9.94. The first-order chi connectivity index (χ1) is 17.6. The van der Waals surface area contributed by atoms with Crippen LogP contribution in [0.2, 0.25) is 0 Å². The number of carbonyl (C=O) groups excluding carboxylic acids is 2. The summed E-state index contributed by atoms with van der Waals surface area (Å²) in [6.07, 6.45) is 4.81. The fourth-order valence-corrected chi connectivity index (χ4v) is 5.09. The number of rotatable bonds is 11. The summed E-state index contributed by atoms with van der Waals surface area (Å²) in [5.74, 6) is 0.555. The second-order valence-corrected chi connectivity index (χ2v) is 11.6. The van der Waals surface area contributed by atoms with Gasteiger partial charge in [0.05, 0.1) is 19.1 Å². The number of amides is 1. The van der Waals surface area contributed by atoms with Gasteiger partial charge in [0.1, 0.15) is 5.75 Å². The molecule has 0 bridgehead atoms. The molecule has 1 heterocycles. The van der Waals surface area contributed by atoms with E-state index in [0.717, 1.165) is 29.5 Å². The van der Waals surface area contributed by atoms with E-state index in [2.05, 4.69) is 58.2 Å². The number of hydrogen-bond acceptors (Lipinski definition) is 5. The maximum atomic E-state index is 13.2. The Kier molecular flexibility index (Phi) is 10.4. The van der Waals surface area contributed by atoms with E-state index in [1.807, 2.05) is 12.1 Å². The smallest absolute Gasteiger partial charge is 0.349 e. The number of esters is 1. The highest BCUT2D eigenvalue weighted by Crippen LogP contribution is 2.34. The van der Waals surface area contributed by atoms with Crippen LogP contribution in [0.25, 0.3) is 0 Å². The Labute approximate surface area is 230 Å². The van der Waals surface area contributed by atoms with Gasteiger partial charge in [0.15, 0.2) is 5.60 Å². The fraction of sp³-hybridized carbons (Fsp3) is 0.533. The Morgan fingerprint density at radius 3 is 2.35 bits per heavy atom. The lowest BCUT2D eigenvalue weighted by Gasteiger charge is -2.33. The van der Waals surface area contributed by atoms with Gasteiger partial charge in [-0.1, -0.05) is 41.9 Å². The van der Waals surface area contributed by atoms with Crippen molar-refractivity contribution < 1.29 is 19.1 Å². The lowest BCUT2D eigenvalue weighted by Crippen LogP contribution is -2.39. The van der Waals surface area contributed by atoms with E-state index < -0.39 is 11.6 Å². The molecule has 1 unspecified atom stereocenters. The number of hydrogen-bond donors (Lipinski definition) is 1. The number of benzene rings is 2. The Bertz CT molecular complexity index is 1050. The average Bonchev–Trinajstić information content (AvgIpc) is 2.85. The zero-order chi connectivity index (χ0) is 27.0. The highest BCUT2D eigenvalue weighted by atomic mass is 79.9. The van der Waals surface area contributed by atoms with Crippen LogP contribution >= 0.6 is 15.9 Å². The monoisotopic (exact) mass is 572 g/mol. The maximum absolute atomic E-state index is 13.2. The summed E-state index contributed by atoms with van der Waals surface area (Å²) in [4.78, 5) is 27.8. The molecule has 0 aromatic heterocycles. The molecule has 6 nitrogen and oxygen atoms in total. The summed E-state index contributed by atoms with van der Waals surface area (Å²) < 4.78 is 11.9. The average molecular weight is 574 g/mol. The summed E-state index contributed by atoms with van der Waals surface area (Å²) in [6, 6.07) is 13.7. The van der Waals surface area contributed by atoms with Crippen molar-refractivity contribution >= 4 is 33.5 Å². The number of nitrogens with zero attached hydrogens (tertiary/aromatic N) is 1. The van der Waals surface area contributed by atoms with Crippen molar-refractivity contribution in [2.75, 3.05) is 24.6 Å². The van der Waals surface area contributed by atoms with Crippen LogP contribution in [0.1, 0.15) is 77.5 Å². The molecule has 3 rings (SSSR count). The molecule has 1 saturated heterocycles. The zero-order valence-corrected chi connectivity index (χ0v) is 24.4. The molecule has 1 aliphatic rings. The predicted octanol–water partition coefficient (Wildman–Crippen LogP) is 6.61. The molecule has 202 valence electrons. The third-order valence-corrected chi connectivity index (χ3v) is 7.03. The maximum Gasteiger partial charge on any atom is 0.349 e. The third kappa shape index (κ3) is 8.49. The van der Waals surface area contributed by atoms with E-state index in [0.29, 0.717) is 18.3 Å². The number of carbonyl (C=O) groups is 2. The first-order valence-corrected chi connectivity index (χ1v) is 14.2. The van der Waals surface area contributed by atoms with Gasteiger partial charge in [-0.05, 0) is 93.8 Å². The normalized spacial score (nSPS) is 14.8. The van der Waals surface area contributed by atoms with Gasteiger partial charge >= 0.3 is 5.97 Å². The van der Waals surface area contributed by atoms with E-state index in [-0.39, 0.29) is 18.4 Å². The van der Waals surface area contributed by atoms with E-state index in [9.17, 15) is 9.59 Å².